The molecule has 134 valence electrons. The minimum Gasteiger partial charge on any atom is -0.451 e. The van der Waals surface area contributed by atoms with Crippen molar-refractivity contribution in [3.8, 4) is 6.07 Å². The molecule has 0 saturated carbocycles. The number of urea groups is 1. The first-order valence-corrected chi connectivity index (χ1v) is 8.83. The Balaban J connectivity index is 2.66. The van der Waals surface area contributed by atoms with Crippen LogP contribution in [0.4, 0.5) is 10.5 Å². The van der Waals surface area contributed by atoms with E-state index in [9.17, 15) is 14.4 Å². The predicted octanol–water partition coefficient (Wildman–Crippen LogP) is 1.22. The Morgan fingerprint density at radius 1 is 1.40 bits per heavy atom. The first-order chi connectivity index (χ1) is 11.9. The summed E-state index contributed by atoms with van der Waals surface area (Å²) in [6.45, 7) is 1.41. The van der Waals surface area contributed by atoms with Gasteiger partial charge in [0.1, 0.15) is 6.04 Å². The fourth-order valence-corrected chi connectivity index (χ4v) is 2.35. The number of amides is 3. The van der Waals surface area contributed by atoms with Gasteiger partial charge in [-0.05, 0) is 43.6 Å². The van der Waals surface area contributed by atoms with Crippen molar-refractivity contribution >= 4 is 35.4 Å². The van der Waals surface area contributed by atoms with Crippen LogP contribution in [-0.2, 0) is 14.3 Å². The van der Waals surface area contributed by atoms with Crippen LogP contribution in [0, 0.1) is 11.3 Å². The molecule has 0 unspecified atom stereocenters. The number of nitrogens with two attached hydrogens (primary N) is 1. The molecule has 1 aromatic carbocycles. The van der Waals surface area contributed by atoms with Crippen molar-refractivity contribution in [2.75, 3.05) is 17.3 Å². The van der Waals surface area contributed by atoms with E-state index in [1.807, 2.05) is 12.3 Å². The maximum Gasteiger partial charge on any atom is 0.329 e. The van der Waals surface area contributed by atoms with Gasteiger partial charge in [-0.3, -0.25) is 4.79 Å². The summed E-state index contributed by atoms with van der Waals surface area (Å²) in [6, 6.07) is 6.55. The predicted molar refractivity (Wildman–Crippen MR) is 94.8 cm³/mol. The van der Waals surface area contributed by atoms with Crippen LogP contribution in [0.5, 0.6) is 0 Å². The molecular weight excluding hydrogens is 344 g/mol. The third-order valence-corrected chi connectivity index (χ3v) is 3.78. The van der Waals surface area contributed by atoms with Crippen LogP contribution >= 0.6 is 11.8 Å². The summed E-state index contributed by atoms with van der Waals surface area (Å²) in [5.74, 6) is -0.672. The quantitative estimate of drug-likeness (QED) is 0.594. The lowest BCUT2D eigenvalue weighted by atomic mass is 10.2. The van der Waals surface area contributed by atoms with Gasteiger partial charge in [0.25, 0.3) is 5.91 Å². The highest BCUT2D eigenvalue weighted by atomic mass is 32.2. The van der Waals surface area contributed by atoms with Crippen LogP contribution in [0.15, 0.2) is 24.3 Å². The number of hydrogen-bond acceptors (Lipinski definition) is 6. The molecular formula is C16H20N4O4S. The second-order valence-electron chi connectivity index (χ2n) is 5.10. The van der Waals surface area contributed by atoms with E-state index in [1.165, 1.54) is 24.8 Å². The van der Waals surface area contributed by atoms with Gasteiger partial charge in [-0.1, -0.05) is 6.07 Å². The second kappa shape index (κ2) is 10.2. The van der Waals surface area contributed by atoms with E-state index in [4.69, 9.17) is 15.7 Å². The maximum atomic E-state index is 12.1. The number of primary amides is 1. The van der Waals surface area contributed by atoms with Gasteiger partial charge in [-0.2, -0.15) is 17.0 Å². The van der Waals surface area contributed by atoms with E-state index in [-0.39, 0.29) is 0 Å². The fourth-order valence-electron chi connectivity index (χ4n) is 1.88. The molecule has 0 heterocycles. The lowest BCUT2D eigenvalue weighted by Gasteiger charge is -2.19. The second-order valence-corrected chi connectivity index (χ2v) is 6.09. The highest BCUT2D eigenvalue weighted by molar-refractivity contribution is 7.98. The van der Waals surface area contributed by atoms with E-state index in [2.05, 4.69) is 10.6 Å². The van der Waals surface area contributed by atoms with E-state index in [1.54, 1.807) is 18.2 Å². The average Bonchev–Trinajstić information content (AvgIpc) is 2.58. The summed E-state index contributed by atoms with van der Waals surface area (Å²) in [4.78, 5) is 35.2. The van der Waals surface area contributed by atoms with Gasteiger partial charge in [0, 0.05) is 5.69 Å². The minimum absolute atomic E-state index is 0.335. The SMILES string of the molecule is CSCC[C@H](NC(N)=O)C(=O)O[C@H](C)C(=O)Nc1cccc(C#N)c1. The number of nitrogens with one attached hydrogen (secondary N) is 2. The molecule has 0 aromatic heterocycles. The van der Waals surface area contributed by atoms with Gasteiger partial charge in [0.15, 0.2) is 6.10 Å². The van der Waals surface area contributed by atoms with Crippen LogP contribution in [0.3, 0.4) is 0 Å². The van der Waals surface area contributed by atoms with E-state index >= 15 is 0 Å². The zero-order valence-electron chi connectivity index (χ0n) is 13.9. The number of hydrogen-bond donors (Lipinski definition) is 3. The normalized spacial score (nSPS) is 12.4. The van der Waals surface area contributed by atoms with Crippen molar-refractivity contribution in [3.63, 3.8) is 0 Å². The molecule has 1 rings (SSSR count). The zero-order valence-corrected chi connectivity index (χ0v) is 14.8. The molecule has 0 aliphatic rings. The molecule has 0 fully saturated rings. The van der Waals surface area contributed by atoms with Crippen molar-refractivity contribution in [1.82, 2.24) is 5.32 Å². The molecule has 0 aliphatic carbocycles. The zero-order chi connectivity index (χ0) is 18.8. The number of benzene rings is 1. The van der Waals surface area contributed by atoms with Gasteiger partial charge in [-0.25, -0.2) is 9.59 Å². The van der Waals surface area contributed by atoms with Gasteiger partial charge in [-0.15, -0.1) is 0 Å². The molecule has 3 amide bonds. The molecule has 4 N–H and O–H groups in total. The number of rotatable bonds is 8. The summed E-state index contributed by atoms with van der Waals surface area (Å²) >= 11 is 1.50. The highest BCUT2D eigenvalue weighted by Crippen LogP contribution is 2.11. The highest BCUT2D eigenvalue weighted by Gasteiger charge is 2.25. The van der Waals surface area contributed by atoms with Crippen molar-refractivity contribution < 1.29 is 19.1 Å². The maximum absolute atomic E-state index is 12.1. The van der Waals surface area contributed by atoms with Crippen molar-refractivity contribution in [2.45, 2.75) is 25.5 Å². The van der Waals surface area contributed by atoms with Crippen molar-refractivity contribution in [1.29, 1.82) is 5.26 Å². The molecule has 0 bridgehead atoms. The standard InChI is InChI=1S/C16H20N4O4S/c1-10(14(21)19-12-5-3-4-11(8-12)9-17)24-15(22)13(6-7-25-2)20-16(18)23/h3-5,8,10,13H,6-7H2,1-2H3,(H,19,21)(H3,18,20,23)/t10-,13+/m1/s1. The Morgan fingerprint density at radius 3 is 2.72 bits per heavy atom. The van der Waals surface area contributed by atoms with Gasteiger partial charge >= 0.3 is 12.0 Å². The number of esters is 1. The molecule has 9 heteroatoms. The molecule has 0 saturated heterocycles. The number of carbonyl (C=O) groups excluding carboxylic acids is 3. The lowest BCUT2D eigenvalue weighted by molar-refractivity contribution is -0.155. The number of anilines is 1. The van der Waals surface area contributed by atoms with Gasteiger partial charge in [0.2, 0.25) is 0 Å². The number of thioether (sulfide) groups is 1. The monoisotopic (exact) mass is 364 g/mol. The summed E-state index contributed by atoms with van der Waals surface area (Å²) in [7, 11) is 0. The van der Waals surface area contributed by atoms with Gasteiger partial charge < -0.3 is 21.1 Å². The lowest BCUT2D eigenvalue weighted by Crippen LogP contribution is -2.46. The number of nitrogens with zero attached hydrogens (tertiary/aromatic N) is 1. The Kier molecular flexibility index (Phi) is 8.29. The summed E-state index contributed by atoms with van der Waals surface area (Å²) in [5.41, 5.74) is 5.86. The minimum atomic E-state index is -1.08. The van der Waals surface area contributed by atoms with Crippen LogP contribution in [0.25, 0.3) is 0 Å². The topological polar surface area (TPSA) is 134 Å². The molecule has 0 radical (unpaired) electrons. The molecule has 25 heavy (non-hydrogen) atoms. The molecule has 1 aromatic rings. The first-order valence-electron chi connectivity index (χ1n) is 7.43. The van der Waals surface area contributed by atoms with E-state index < -0.39 is 30.1 Å². The summed E-state index contributed by atoms with van der Waals surface area (Å²) in [5, 5.41) is 13.7. The fraction of sp³-hybridized carbons (Fsp3) is 0.375. The summed E-state index contributed by atoms with van der Waals surface area (Å²) < 4.78 is 5.11. The molecule has 8 nitrogen and oxygen atoms in total. The van der Waals surface area contributed by atoms with Crippen LogP contribution < -0.4 is 16.4 Å². The van der Waals surface area contributed by atoms with E-state index in [0.717, 1.165) is 0 Å². The number of ether oxygens (including phenoxy) is 1. The van der Waals surface area contributed by atoms with Crippen LogP contribution in [-0.4, -0.2) is 42.1 Å². The smallest absolute Gasteiger partial charge is 0.329 e. The average molecular weight is 364 g/mol. The first kappa shape index (κ1) is 20.3. The molecule has 0 aliphatic heterocycles. The Morgan fingerprint density at radius 2 is 2.12 bits per heavy atom. The molecule has 0 spiro atoms. The Hall–Kier alpha value is -2.73. The Bertz CT molecular complexity index is 674. The van der Waals surface area contributed by atoms with Crippen molar-refractivity contribution in [3.05, 3.63) is 29.8 Å². The largest absolute Gasteiger partial charge is 0.451 e. The third-order valence-electron chi connectivity index (χ3n) is 3.13. The van der Waals surface area contributed by atoms with Crippen LogP contribution in [0.1, 0.15) is 18.9 Å². The van der Waals surface area contributed by atoms with E-state index in [0.29, 0.717) is 23.4 Å². The number of nitriles is 1. The Labute approximate surface area is 150 Å². The summed E-state index contributed by atoms with van der Waals surface area (Å²) in [6.07, 6.45) is 1.12. The van der Waals surface area contributed by atoms with Crippen LogP contribution in [0.2, 0.25) is 0 Å². The number of carbonyl (C=O) groups is 3. The third kappa shape index (κ3) is 7.14. The van der Waals surface area contributed by atoms with Crippen molar-refractivity contribution in [2.24, 2.45) is 5.73 Å². The molecule has 2 atom stereocenters. The van der Waals surface area contributed by atoms with Gasteiger partial charge in [0.05, 0.1) is 11.6 Å².